The van der Waals surface area contributed by atoms with Gasteiger partial charge in [-0.15, -0.1) is 0 Å². The van der Waals surface area contributed by atoms with Gasteiger partial charge in [-0.25, -0.2) is 0 Å². The zero-order valence-electron chi connectivity index (χ0n) is 5.68. The summed E-state index contributed by atoms with van der Waals surface area (Å²) >= 11 is 2.54. The minimum absolute atomic E-state index is 1.28. The van der Waals surface area contributed by atoms with Crippen LogP contribution in [0.2, 0.25) is 0 Å². The molecule has 0 aliphatic rings. The van der Waals surface area contributed by atoms with E-state index in [0.717, 1.165) is 0 Å². The first kappa shape index (κ1) is 6.85. The predicted molar refractivity (Wildman–Crippen MR) is 42.7 cm³/mol. The molecule has 9 heavy (non-hydrogen) atoms. The second-order valence-electron chi connectivity index (χ2n) is 2.27. The van der Waals surface area contributed by atoms with E-state index >= 15 is 0 Å². The van der Waals surface area contributed by atoms with E-state index in [1.54, 1.807) is 0 Å². The summed E-state index contributed by atoms with van der Waals surface area (Å²) in [5, 5.41) is 0. The van der Waals surface area contributed by atoms with Crippen molar-refractivity contribution in [3.63, 3.8) is 0 Å². The van der Waals surface area contributed by atoms with E-state index in [0.29, 0.717) is 0 Å². The Balaban J connectivity index is 3.17. The number of aryl methyl sites for hydroxylation is 2. The molecule has 0 N–H and O–H groups in total. The van der Waals surface area contributed by atoms with Gasteiger partial charge in [-0.3, -0.25) is 0 Å². The average molecular weight is 185 g/mol. The zero-order chi connectivity index (χ0) is 6.85. The summed E-state index contributed by atoms with van der Waals surface area (Å²) < 4.78 is 1.28. The third kappa shape index (κ3) is 1.57. The Kier molecular flexibility index (Phi) is 1.94. The van der Waals surface area contributed by atoms with Crippen LogP contribution in [0.4, 0.5) is 0 Å². The van der Waals surface area contributed by atoms with Crippen LogP contribution in [0.15, 0.2) is 18.2 Å². The van der Waals surface area contributed by atoms with E-state index in [2.05, 4.69) is 48.1 Å². The van der Waals surface area contributed by atoms with Gasteiger partial charge in [0.25, 0.3) is 0 Å². The van der Waals surface area contributed by atoms with Crippen LogP contribution in [0.25, 0.3) is 0 Å². The molecule has 0 heterocycles. The Labute approximate surface area is 64.1 Å². The van der Waals surface area contributed by atoms with Crippen LogP contribution >= 0.6 is 0 Å². The quantitative estimate of drug-likeness (QED) is 0.525. The van der Waals surface area contributed by atoms with Gasteiger partial charge in [-0.1, -0.05) is 0 Å². The first-order chi connectivity index (χ1) is 4.20. The average Bonchev–Trinajstić information content (AvgIpc) is 1.80. The van der Waals surface area contributed by atoms with Crippen LogP contribution in [-0.4, -0.2) is 16.0 Å². The van der Waals surface area contributed by atoms with Gasteiger partial charge >= 0.3 is 63.6 Å². The Morgan fingerprint density at radius 2 is 1.78 bits per heavy atom. The van der Waals surface area contributed by atoms with Crippen molar-refractivity contribution in [2.75, 3.05) is 0 Å². The monoisotopic (exact) mass is 186 g/mol. The second-order valence-corrected chi connectivity index (χ2v) is 3.35. The molecule has 0 aliphatic carbocycles. The molecule has 0 atom stereocenters. The van der Waals surface area contributed by atoms with Crippen molar-refractivity contribution in [2.45, 2.75) is 13.8 Å². The fourth-order valence-electron chi connectivity index (χ4n) is 0.726. The molecule has 0 amide bonds. The standard InChI is InChI=1S/C8H10Se/c1-6-3-4-8(9)5-7(6)2/h3-5,9H,1-2H3. The molecule has 1 aromatic carbocycles. The van der Waals surface area contributed by atoms with Crippen molar-refractivity contribution in [1.29, 1.82) is 0 Å². The fraction of sp³-hybridized carbons (Fsp3) is 0.250. The van der Waals surface area contributed by atoms with Crippen LogP contribution in [-0.2, 0) is 0 Å². The number of benzene rings is 1. The van der Waals surface area contributed by atoms with E-state index in [9.17, 15) is 0 Å². The summed E-state index contributed by atoms with van der Waals surface area (Å²) in [6.07, 6.45) is 0. The molecule has 0 spiro atoms. The summed E-state index contributed by atoms with van der Waals surface area (Å²) in [6.45, 7) is 4.26. The third-order valence-electron chi connectivity index (χ3n) is 1.49. The van der Waals surface area contributed by atoms with Gasteiger partial charge in [0.2, 0.25) is 0 Å². The normalized spacial score (nSPS) is 9.67. The van der Waals surface area contributed by atoms with Crippen molar-refractivity contribution in [2.24, 2.45) is 0 Å². The predicted octanol–water partition coefficient (Wildman–Crippen LogP) is 0.830. The molecule has 0 aliphatic heterocycles. The molecular weight excluding hydrogens is 175 g/mol. The van der Waals surface area contributed by atoms with Gasteiger partial charge in [0.15, 0.2) is 0 Å². The number of hydrogen-bond donors (Lipinski definition) is 0. The second kappa shape index (κ2) is 2.55. The molecule has 0 unspecified atom stereocenters. The van der Waals surface area contributed by atoms with Crippen molar-refractivity contribution in [1.82, 2.24) is 0 Å². The van der Waals surface area contributed by atoms with E-state index in [-0.39, 0.29) is 0 Å². The Morgan fingerprint density at radius 1 is 1.11 bits per heavy atom. The maximum atomic E-state index is 2.54. The third-order valence-corrected chi connectivity index (χ3v) is 2.07. The minimum atomic E-state index is 1.28. The first-order valence-corrected chi connectivity index (χ1v) is 3.90. The van der Waals surface area contributed by atoms with Gasteiger partial charge in [0, 0.05) is 0 Å². The Morgan fingerprint density at radius 3 is 2.22 bits per heavy atom. The van der Waals surface area contributed by atoms with Crippen molar-refractivity contribution < 1.29 is 0 Å². The molecule has 1 aromatic rings. The number of hydrogen-bond acceptors (Lipinski definition) is 0. The molecule has 0 nitrogen and oxygen atoms in total. The Bertz CT molecular complexity index is 216. The van der Waals surface area contributed by atoms with Crippen molar-refractivity contribution in [3.05, 3.63) is 29.3 Å². The molecule has 0 aromatic heterocycles. The summed E-state index contributed by atoms with van der Waals surface area (Å²) in [7, 11) is 0. The van der Waals surface area contributed by atoms with Gasteiger partial charge in [0.05, 0.1) is 0 Å². The molecule has 0 saturated heterocycles. The first-order valence-electron chi connectivity index (χ1n) is 2.96. The molecule has 0 saturated carbocycles. The van der Waals surface area contributed by atoms with E-state index in [1.165, 1.54) is 15.6 Å². The van der Waals surface area contributed by atoms with Crippen LogP contribution in [0, 0.1) is 13.8 Å². The van der Waals surface area contributed by atoms with Crippen LogP contribution in [0.3, 0.4) is 0 Å². The van der Waals surface area contributed by atoms with Gasteiger partial charge < -0.3 is 0 Å². The van der Waals surface area contributed by atoms with Gasteiger partial charge in [-0.05, 0) is 0 Å². The summed E-state index contributed by atoms with van der Waals surface area (Å²) in [6, 6.07) is 6.43. The van der Waals surface area contributed by atoms with E-state index in [1.807, 2.05) is 0 Å². The van der Waals surface area contributed by atoms with E-state index < -0.39 is 0 Å². The summed E-state index contributed by atoms with van der Waals surface area (Å²) in [4.78, 5) is 0. The summed E-state index contributed by atoms with van der Waals surface area (Å²) in [5.74, 6) is 0. The molecule has 0 fully saturated rings. The van der Waals surface area contributed by atoms with Crippen LogP contribution in [0.1, 0.15) is 11.1 Å². The summed E-state index contributed by atoms with van der Waals surface area (Å²) in [5.41, 5.74) is 2.73. The maximum absolute atomic E-state index is 2.54. The molecule has 0 radical (unpaired) electrons. The van der Waals surface area contributed by atoms with Crippen molar-refractivity contribution >= 4 is 20.5 Å². The molecular formula is C8H10Se. The van der Waals surface area contributed by atoms with E-state index in [4.69, 9.17) is 0 Å². The molecule has 1 heteroatoms. The van der Waals surface area contributed by atoms with Crippen LogP contribution in [0.5, 0.6) is 0 Å². The molecule has 48 valence electrons. The molecule has 0 bridgehead atoms. The number of rotatable bonds is 0. The SMILES string of the molecule is Cc1ccc([SeH])cc1C. The van der Waals surface area contributed by atoms with Crippen LogP contribution < -0.4 is 4.46 Å². The molecule has 1 rings (SSSR count). The topological polar surface area (TPSA) is 0 Å². The Hall–Kier alpha value is -0.261. The zero-order valence-corrected chi connectivity index (χ0v) is 7.56. The van der Waals surface area contributed by atoms with Gasteiger partial charge in [0.1, 0.15) is 0 Å². The fourth-order valence-corrected chi connectivity index (χ4v) is 1.29. The van der Waals surface area contributed by atoms with Gasteiger partial charge in [-0.2, -0.15) is 0 Å². The van der Waals surface area contributed by atoms with Crippen molar-refractivity contribution in [3.8, 4) is 0 Å².